The normalized spacial score (nSPS) is 17.3. The second kappa shape index (κ2) is 2.86. The van der Waals surface area contributed by atoms with Crippen LogP contribution in [0.4, 0.5) is 0 Å². The van der Waals surface area contributed by atoms with Crippen LogP contribution in [0.25, 0.3) is 0 Å². The van der Waals surface area contributed by atoms with E-state index in [0.29, 0.717) is 9.34 Å². The van der Waals surface area contributed by atoms with Crippen LogP contribution in [-0.2, 0) is 4.79 Å². The maximum atomic E-state index is 10.2. The van der Waals surface area contributed by atoms with Crippen LogP contribution in [0.1, 0.15) is 0 Å². The Balaban J connectivity index is 2.96. The Morgan fingerprint density at radius 3 is 3.00 bits per heavy atom. The van der Waals surface area contributed by atoms with Gasteiger partial charge in [-0.3, -0.25) is 4.79 Å². The molecule has 48 valence electrons. The highest BCUT2D eigenvalue weighted by atomic mass is 127. The van der Waals surface area contributed by atoms with E-state index in [0.717, 1.165) is 6.29 Å². The van der Waals surface area contributed by atoms with Crippen LogP contribution in [0.15, 0.2) is 15.3 Å². The molecule has 0 aromatic rings. The van der Waals surface area contributed by atoms with Gasteiger partial charge in [-0.15, -0.1) is 0 Å². The molecule has 9 heavy (non-hydrogen) atoms. The van der Waals surface area contributed by atoms with Gasteiger partial charge in [-0.1, -0.05) is 20.7 Å². The van der Waals surface area contributed by atoms with Gasteiger partial charge in [0, 0.05) is 6.20 Å². The Morgan fingerprint density at radius 2 is 2.56 bits per heavy atom. The first-order chi connectivity index (χ1) is 4.34. The first-order valence-corrected chi connectivity index (χ1v) is 4.61. The zero-order chi connectivity index (χ0) is 6.69. The molecule has 0 fully saturated rings. The summed E-state index contributed by atoms with van der Waals surface area (Å²) < 4.78 is 2.58. The number of nitrogens with two attached hydrogens (primary N) is 1. The van der Waals surface area contributed by atoms with Gasteiger partial charge in [0.15, 0.2) is 6.29 Å². The molecule has 0 spiro atoms. The summed E-state index contributed by atoms with van der Waals surface area (Å²) in [7, 11) is 0. The molecular weight excluding hydrogens is 231 g/mol. The maximum Gasteiger partial charge on any atom is 0.159 e. The van der Waals surface area contributed by atoms with Crippen molar-refractivity contribution in [3.05, 3.63) is 10.3 Å². The SMILES string of the molecule is NC1=NC=CI=C1C=O. The number of aliphatic imine (C=N–C) groups is 1. The lowest BCUT2D eigenvalue weighted by atomic mass is 10.4. The minimum Gasteiger partial charge on any atom is -0.383 e. The van der Waals surface area contributed by atoms with E-state index in [-0.39, 0.29) is 20.7 Å². The summed E-state index contributed by atoms with van der Waals surface area (Å²) in [5, 5.41) is 0. The lowest BCUT2D eigenvalue weighted by molar-refractivity contribution is -0.102. The number of nitrogens with zero attached hydrogens (tertiary/aromatic N) is 1. The molecule has 0 aromatic carbocycles. The fourth-order valence-electron chi connectivity index (χ4n) is 0.408. The number of carbonyl (C=O) groups excluding carboxylic acids is 1. The average Bonchev–Trinajstić information content (AvgIpc) is 1.89. The number of hydrogen-bond acceptors (Lipinski definition) is 3. The van der Waals surface area contributed by atoms with Crippen LogP contribution in [0.2, 0.25) is 0 Å². The van der Waals surface area contributed by atoms with Crippen molar-refractivity contribution < 1.29 is 4.79 Å². The smallest absolute Gasteiger partial charge is 0.159 e. The minimum absolute atomic E-state index is 0.279. The summed E-state index contributed by atoms with van der Waals surface area (Å²) in [5.41, 5.74) is 5.35. The Hall–Kier alpha value is -0.520. The van der Waals surface area contributed by atoms with Crippen molar-refractivity contribution in [2.75, 3.05) is 0 Å². The van der Waals surface area contributed by atoms with Gasteiger partial charge in [-0.2, -0.15) is 0 Å². The third-order valence-electron chi connectivity index (χ3n) is 0.799. The Kier molecular flexibility index (Phi) is 2.10. The number of hydrogen-bond donors (Lipinski definition) is 1. The van der Waals surface area contributed by atoms with E-state index in [9.17, 15) is 4.79 Å². The molecule has 0 unspecified atom stereocenters. The third-order valence-corrected chi connectivity index (χ3v) is 2.96. The van der Waals surface area contributed by atoms with Crippen molar-refractivity contribution in [2.45, 2.75) is 0 Å². The van der Waals surface area contributed by atoms with Crippen LogP contribution >= 0.6 is 20.7 Å². The van der Waals surface area contributed by atoms with Gasteiger partial charge in [0.2, 0.25) is 0 Å². The quantitative estimate of drug-likeness (QED) is 0.521. The van der Waals surface area contributed by atoms with E-state index in [1.165, 1.54) is 0 Å². The lowest BCUT2D eigenvalue weighted by Gasteiger charge is -1.97. The predicted molar refractivity (Wildman–Crippen MR) is 45.9 cm³/mol. The standard InChI is InChI=1S/C5H5IN2O/c7-5-4(3-9)6-1-2-8-5/h1-3H,(H2,7,8). The van der Waals surface area contributed by atoms with Crippen molar-refractivity contribution >= 4 is 36.4 Å². The molecule has 3 nitrogen and oxygen atoms in total. The Morgan fingerprint density at radius 1 is 1.78 bits per heavy atom. The summed E-state index contributed by atoms with van der Waals surface area (Å²) in [6.07, 6.45) is 2.44. The number of halogens is 1. The van der Waals surface area contributed by atoms with Gasteiger partial charge in [0.1, 0.15) is 5.84 Å². The molecular formula is C5H5IN2O. The number of carbonyl (C=O) groups is 1. The fraction of sp³-hybridized carbons (Fsp3) is 0. The summed E-state index contributed by atoms with van der Waals surface area (Å²) in [5.74, 6) is 0.389. The zero-order valence-corrected chi connectivity index (χ0v) is 6.70. The van der Waals surface area contributed by atoms with E-state index < -0.39 is 0 Å². The predicted octanol–water partition coefficient (Wildman–Crippen LogP) is 0.170. The summed E-state index contributed by atoms with van der Waals surface area (Å²) >= 11 is -0.279. The summed E-state index contributed by atoms with van der Waals surface area (Å²) in [6.45, 7) is 0. The average molecular weight is 236 g/mol. The molecule has 0 bridgehead atoms. The maximum absolute atomic E-state index is 10.2. The van der Waals surface area contributed by atoms with Crippen LogP contribution < -0.4 is 5.73 Å². The number of rotatable bonds is 1. The monoisotopic (exact) mass is 236 g/mol. The van der Waals surface area contributed by atoms with Crippen molar-refractivity contribution in [3.63, 3.8) is 0 Å². The summed E-state index contributed by atoms with van der Waals surface area (Å²) in [4.78, 5) is 13.9. The van der Waals surface area contributed by atoms with Crippen LogP contribution in [0, 0.1) is 0 Å². The highest BCUT2D eigenvalue weighted by molar-refractivity contribution is 14.2. The van der Waals surface area contributed by atoms with E-state index in [2.05, 4.69) is 4.99 Å². The molecule has 0 amide bonds. The first-order valence-electron chi connectivity index (χ1n) is 2.29. The molecule has 0 aliphatic carbocycles. The largest absolute Gasteiger partial charge is 0.383 e. The molecule has 1 rings (SSSR count). The van der Waals surface area contributed by atoms with Crippen molar-refractivity contribution in [1.82, 2.24) is 0 Å². The van der Waals surface area contributed by atoms with Crippen LogP contribution in [0.3, 0.4) is 0 Å². The van der Waals surface area contributed by atoms with Gasteiger partial charge in [-0.25, -0.2) is 4.99 Å². The molecule has 0 saturated carbocycles. The second-order valence-corrected chi connectivity index (χ2v) is 3.87. The van der Waals surface area contributed by atoms with E-state index >= 15 is 0 Å². The minimum atomic E-state index is -0.279. The molecule has 0 radical (unpaired) electrons. The van der Waals surface area contributed by atoms with Gasteiger partial charge < -0.3 is 5.73 Å². The first kappa shape index (κ1) is 6.60. The zero-order valence-electron chi connectivity index (χ0n) is 4.54. The van der Waals surface area contributed by atoms with Crippen molar-refractivity contribution in [3.8, 4) is 0 Å². The third kappa shape index (κ3) is 1.44. The fourth-order valence-corrected chi connectivity index (χ4v) is 1.72. The van der Waals surface area contributed by atoms with Crippen LogP contribution in [0.5, 0.6) is 0 Å². The molecule has 1 aliphatic heterocycles. The lowest BCUT2D eigenvalue weighted by Crippen LogP contribution is -2.23. The Labute approximate surface area is 62.4 Å². The van der Waals surface area contributed by atoms with Gasteiger partial charge in [0.25, 0.3) is 0 Å². The molecule has 1 heterocycles. The summed E-state index contributed by atoms with van der Waals surface area (Å²) in [6, 6.07) is 0. The highest BCUT2D eigenvalue weighted by Gasteiger charge is 2.00. The van der Waals surface area contributed by atoms with E-state index in [1.807, 2.05) is 4.08 Å². The highest BCUT2D eigenvalue weighted by Crippen LogP contribution is 2.06. The van der Waals surface area contributed by atoms with E-state index in [4.69, 9.17) is 5.73 Å². The molecule has 0 saturated heterocycles. The van der Waals surface area contributed by atoms with Crippen LogP contribution in [-0.4, -0.2) is 15.6 Å². The van der Waals surface area contributed by atoms with Gasteiger partial charge in [0.05, 0.1) is 3.51 Å². The number of amidine groups is 1. The van der Waals surface area contributed by atoms with Crippen molar-refractivity contribution in [2.24, 2.45) is 10.7 Å². The number of aldehydes is 1. The molecule has 1 aliphatic rings. The topological polar surface area (TPSA) is 55.4 Å². The van der Waals surface area contributed by atoms with Crippen molar-refractivity contribution in [1.29, 1.82) is 0 Å². The van der Waals surface area contributed by atoms with E-state index in [1.54, 1.807) is 6.20 Å². The second-order valence-electron chi connectivity index (χ2n) is 1.36. The molecule has 4 heteroatoms. The Bertz CT molecular complexity index is 217. The molecule has 2 N–H and O–H groups in total. The molecule has 0 aromatic heterocycles. The molecule has 0 atom stereocenters. The van der Waals surface area contributed by atoms with Gasteiger partial charge in [-0.05, 0) is 4.08 Å². The van der Waals surface area contributed by atoms with Gasteiger partial charge >= 0.3 is 0 Å².